The third-order valence-electron chi connectivity index (χ3n) is 5.05. The monoisotopic (exact) mass is 528 g/mol. The minimum atomic E-state index is -0.830. The van der Waals surface area contributed by atoms with E-state index in [1.807, 2.05) is 29.3 Å². The van der Waals surface area contributed by atoms with Crippen molar-refractivity contribution in [1.29, 1.82) is 0 Å². The Morgan fingerprint density at radius 2 is 2.00 bits per heavy atom. The summed E-state index contributed by atoms with van der Waals surface area (Å²) in [5, 5.41) is 15.4. The summed E-state index contributed by atoms with van der Waals surface area (Å²) >= 11 is 14.0. The highest BCUT2D eigenvalue weighted by Crippen LogP contribution is 2.35. The first-order valence-electron chi connectivity index (χ1n) is 11.0. The number of halogens is 2. The molecule has 0 saturated carbocycles. The number of nitrogens with one attached hydrogen (secondary N) is 1. The summed E-state index contributed by atoms with van der Waals surface area (Å²) in [6.45, 7) is 5.82. The number of hydrogen-bond acceptors (Lipinski definition) is 7. The number of hydrogen-bond donors (Lipinski definition) is 2. The van der Waals surface area contributed by atoms with Crippen LogP contribution in [-0.2, 0) is 4.84 Å². The van der Waals surface area contributed by atoms with Crippen LogP contribution in [0.25, 0.3) is 0 Å². The number of thioether (sulfide) groups is 1. The average molecular weight is 529 g/mol. The number of amides is 1. The maximum atomic E-state index is 12.3. The number of nitrogens with zero attached hydrogens (tertiary/aromatic N) is 1. The largest absolute Gasteiger partial charge is 0.493 e. The summed E-state index contributed by atoms with van der Waals surface area (Å²) in [5.41, 5.74) is -0.512. The maximum Gasteiger partial charge on any atom is 0.254 e. The van der Waals surface area contributed by atoms with Crippen molar-refractivity contribution in [3.63, 3.8) is 0 Å². The molecule has 10 heteroatoms. The molecular formula is C24H30Cl2N2O5S. The fourth-order valence-corrected chi connectivity index (χ4v) is 4.63. The molecule has 1 amide bonds. The highest BCUT2D eigenvalue weighted by molar-refractivity contribution is 8.00. The van der Waals surface area contributed by atoms with Gasteiger partial charge in [-0.25, -0.2) is 0 Å². The number of aliphatic hydroxyl groups is 1. The molecule has 0 bridgehead atoms. The van der Waals surface area contributed by atoms with E-state index in [4.69, 9.17) is 37.5 Å². The second-order valence-corrected chi connectivity index (χ2v) is 10.7. The van der Waals surface area contributed by atoms with Crippen LogP contribution in [0.15, 0.2) is 41.3 Å². The van der Waals surface area contributed by atoms with Crippen molar-refractivity contribution in [2.24, 2.45) is 0 Å². The molecule has 0 radical (unpaired) electrons. The molecule has 2 aromatic rings. The van der Waals surface area contributed by atoms with Crippen molar-refractivity contribution in [2.45, 2.75) is 36.0 Å². The number of carbonyl (C=O) groups excluding carboxylic acids is 1. The van der Waals surface area contributed by atoms with Crippen LogP contribution in [0.3, 0.4) is 0 Å². The lowest BCUT2D eigenvalue weighted by molar-refractivity contribution is -0.111. The van der Waals surface area contributed by atoms with E-state index in [1.165, 1.54) is 6.07 Å². The van der Waals surface area contributed by atoms with Crippen molar-refractivity contribution < 1.29 is 24.2 Å². The summed E-state index contributed by atoms with van der Waals surface area (Å²) in [5.74, 6) is 0.397. The summed E-state index contributed by atoms with van der Waals surface area (Å²) < 4.78 is 11.7. The van der Waals surface area contributed by atoms with Gasteiger partial charge < -0.3 is 19.9 Å². The topological polar surface area (TPSA) is 80.3 Å². The van der Waals surface area contributed by atoms with Crippen LogP contribution in [-0.4, -0.2) is 66.9 Å². The van der Waals surface area contributed by atoms with Gasteiger partial charge in [-0.05, 0) is 50.6 Å². The maximum absolute atomic E-state index is 12.3. The van der Waals surface area contributed by atoms with E-state index in [2.05, 4.69) is 5.32 Å². The zero-order valence-corrected chi connectivity index (χ0v) is 21.8. The first-order valence-corrected chi connectivity index (χ1v) is 12.6. The van der Waals surface area contributed by atoms with E-state index in [0.717, 1.165) is 16.5 Å². The van der Waals surface area contributed by atoms with Gasteiger partial charge in [0.25, 0.3) is 5.91 Å². The van der Waals surface area contributed by atoms with Crippen LogP contribution in [0.1, 0.15) is 30.6 Å². The molecular weight excluding hydrogens is 499 g/mol. The Hall–Kier alpha value is -1.68. The second-order valence-electron chi connectivity index (χ2n) is 8.46. The number of benzene rings is 2. The quantitative estimate of drug-likeness (QED) is 0.409. The predicted molar refractivity (Wildman–Crippen MR) is 135 cm³/mol. The molecule has 0 aliphatic carbocycles. The fourth-order valence-electron chi connectivity index (χ4n) is 3.25. The number of aliphatic hydroxyl groups excluding tert-OH is 1. The molecule has 2 aromatic carbocycles. The predicted octanol–water partition coefficient (Wildman–Crippen LogP) is 4.68. The number of carbonyl (C=O) groups is 1. The first-order chi connectivity index (χ1) is 16.2. The van der Waals surface area contributed by atoms with Gasteiger partial charge in [-0.1, -0.05) is 23.2 Å². The Balaban J connectivity index is 1.54. The van der Waals surface area contributed by atoms with Crippen molar-refractivity contribution in [3.05, 3.63) is 52.0 Å². The Morgan fingerprint density at radius 1 is 1.26 bits per heavy atom. The molecule has 7 nitrogen and oxygen atoms in total. The molecule has 1 heterocycles. The van der Waals surface area contributed by atoms with Crippen LogP contribution in [0.4, 0.5) is 0 Å². The van der Waals surface area contributed by atoms with Crippen LogP contribution < -0.4 is 14.8 Å². The van der Waals surface area contributed by atoms with Crippen LogP contribution in [0.5, 0.6) is 11.5 Å². The minimum absolute atomic E-state index is 0.191. The van der Waals surface area contributed by atoms with Gasteiger partial charge in [0.1, 0.15) is 17.1 Å². The van der Waals surface area contributed by atoms with E-state index in [-0.39, 0.29) is 17.5 Å². The molecule has 1 unspecified atom stereocenters. The van der Waals surface area contributed by atoms with Crippen LogP contribution in [0, 0.1) is 0 Å². The highest BCUT2D eigenvalue weighted by atomic mass is 35.5. The second kappa shape index (κ2) is 12.3. The molecule has 0 aromatic heterocycles. The van der Waals surface area contributed by atoms with E-state index in [9.17, 15) is 9.90 Å². The molecule has 2 N–H and O–H groups in total. The van der Waals surface area contributed by atoms with Gasteiger partial charge in [0.05, 0.1) is 30.4 Å². The minimum Gasteiger partial charge on any atom is -0.493 e. The molecule has 1 aliphatic rings. The van der Waals surface area contributed by atoms with E-state index >= 15 is 0 Å². The van der Waals surface area contributed by atoms with E-state index in [1.54, 1.807) is 38.7 Å². The van der Waals surface area contributed by atoms with Gasteiger partial charge in [0.2, 0.25) is 0 Å². The molecule has 1 aliphatic heterocycles. The van der Waals surface area contributed by atoms with E-state index in [0.29, 0.717) is 48.5 Å². The summed E-state index contributed by atoms with van der Waals surface area (Å²) in [4.78, 5) is 19.3. The lowest BCUT2D eigenvalue weighted by atomic mass is 10.1. The van der Waals surface area contributed by atoms with E-state index < -0.39 is 5.60 Å². The Kier molecular flexibility index (Phi) is 9.76. The van der Waals surface area contributed by atoms with Crippen molar-refractivity contribution >= 4 is 40.9 Å². The SMILES string of the molecule is CNC(=O)c1cc(Cl)c(OC(C)(C)CO)cc1OCCCN1CC(Sc2ccc(Cl)cc2)CO1. The smallest absolute Gasteiger partial charge is 0.254 e. The Morgan fingerprint density at radius 3 is 2.68 bits per heavy atom. The van der Waals surface area contributed by atoms with Crippen molar-refractivity contribution in [3.8, 4) is 11.5 Å². The molecule has 1 saturated heterocycles. The van der Waals surface area contributed by atoms with Gasteiger partial charge in [0, 0.05) is 41.4 Å². The normalized spacial score (nSPS) is 16.5. The summed E-state index contributed by atoms with van der Waals surface area (Å²) in [7, 11) is 1.54. The van der Waals surface area contributed by atoms with Crippen molar-refractivity contribution in [2.75, 3.05) is 40.0 Å². The zero-order valence-electron chi connectivity index (χ0n) is 19.5. The molecule has 1 fully saturated rings. The lowest BCUT2D eigenvalue weighted by Gasteiger charge is -2.25. The number of ether oxygens (including phenoxy) is 2. The summed E-state index contributed by atoms with van der Waals surface area (Å²) in [6.07, 6.45) is 0.701. The average Bonchev–Trinajstić information content (AvgIpc) is 3.26. The molecule has 0 spiro atoms. The molecule has 34 heavy (non-hydrogen) atoms. The Bertz CT molecular complexity index is 975. The number of hydroxylamine groups is 2. The summed E-state index contributed by atoms with van der Waals surface area (Å²) in [6, 6.07) is 10.9. The Labute approximate surface area is 214 Å². The first kappa shape index (κ1) is 26.9. The molecule has 1 atom stereocenters. The third kappa shape index (κ3) is 7.66. The van der Waals surface area contributed by atoms with Gasteiger partial charge >= 0.3 is 0 Å². The van der Waals surface area contributed by atoms with Gasteiger partial charge in [-0.15, -0.1) is 11.8 Å². The standard InChI is InChI=1S/C24H30Cl2N2O5S/c1-24(2,15-29)33-22-12-21(19(11-20(22)26)23(30)27-3)31-10-4-9-28-13-18(14-32-28)34-17-7-5-16(25)6-8-17/h5-8,11-12,18,29H,4,9-10,13-15H2,1-3H3,(H,27,30). The van der Waals surface area contributed by atoms with Crippen molar-refractivity contribution in [1.82, 2.24) is 10.4 Å². The van der Waals surface area contributed by atoms with Crippen LogP contribution >= 0.6 is 35.0 Å². The van der Waals surface area contributed by atoms with Gasteiger partial charge in [0.15, 0.2) is 0 Å². The molecule has 186 valence electrons. The zero-order chi connectivity index (χ0) is 24.7. The third-order valence-corrected chi connectivity index (χ3v) is 6.76. The highest BCUT2D eigenvalue weighted by Gasteiger charge is 2.25. The lowest BCUT2D eigenvalue weighted by Crippen LogP contribution is -2.32. The number of rotatable bonds is 11. The fraction of sp³-hybridized carbons (Fsp3) is 0.458. The van der Waals surface area contributed by atoms with Gasteiger partial charge in [-0.2, -0.15) is 5.06 Å². The van der Waals surface area contributed by atoms with Gasteiger partial charge in [-0.3, -0.25) is 9.63 Å². The molecule has 3 rings (SSSR count). The van der Waals surface area contributed by atoms with Crippen LogP contribution in [0.2, 0.25) is 10.0 Å².